The highest BCUT2D eigenvalue weighted by atomic mass is 32.2. The molecule has 0 heterocycles. The van der Waals surface area contributed by atoms with Gasteiger partial charge in [-0.25, -0.2) is 8.42 Å². The van der Waals surface area contributed by atoms with Crippen molar-refractivity contribution in [1.82, 2.24) is 0 Å². The zero-order valence-electron chi connectivity index (χ0n) is 10.5. The van der Waals surface area contributed by atoms with E-state index in [-0.39, 0.29) is 17.6 Å². The van der Waals surface area contributed by atoms with Crippen molar-refractivity contribution in [2.75, 3.05) is 18.6 Å². The fourth-order valence-corrected chi connectivity index (χ4v) is 2.49. The molecule has 1 N–H and O–H groups in total. The molecule has 4 nitrogen and oxygen atoms in total. The first-order chi connectivity index (χ1) is 7.46. The topological polar surface area (TPSA) is 63.6 Å². The minimum atomic E-state index is -2.91. The molecule has 0 radical (unpaired) electrons. The lowest BCUT2D eigenvalue weighted by molar-refractivity contribution is -0.0203. The first-order valence-corrected chi connectivity index (χ1v) is 7.70. The van der Waals surface area contributed by atoms with Crippen molar-refractivity contribution in [3.63, 3.8) is 0 Å². The van der Waals surface area contributed by atoms with Crippen molar-refractivity contribution < 1.29 is 18.3 Å². The normalized spacial score (nSPS) is 16.0. The maximum Gasteiger partial charge on any atom is 0.150 e. The van der Waals surface area contributed by atoms with E-state index in [1.807, 2.05) is 6.92 Å². The van der Waals surface area contributed by atoms with E-state index in [4.69, 9.17) is 4.74 Å². The van der Waals surface area contributed by atoms with E-state index in [1.165, 1.54) is 0 Å². The number of ether oxygens (including phenoxy) is 1. The first kappa shape index (κ1) is 15.9. The quantitative estimate of drug-likeness (QED) is 0.673. The van der Waals surface area contributed by atoms with Crippen LogP contribution in [0.3, 0.4) is 0 Å². The zero-order valence-corrected chi connectivity index (χ0v) is 11.3. The minimum Gasteiger partial charge on any atom is -0.390 e. The summed E-state index contributed by atoms with van der Waals surface area (Å²) in [5.74, 6) is 0.328. The van der Waals surface area contributed by atoms with Crippen LogP contribution in [0.25, 0.3) is 0 Å². The fourth-order valence-electron chi connectivity index (χ4n) is 1.59. The first-order valence-electron chi connectivity index (χ1n) is 5.88. The number of aliphatic hydroxyl groups is 1. The van der Waals surface area contributed by atoms with Gasteiger partial charge in [-0.05, 0) is 19.3 Å². The third-order valence-corrected chi connectivity index (χ3v) is 4.49. The summed E-state index contributed by atoms with van der Waals surface area (Å²) in [5, 5.41) is 9.79. The van der Waals surface area contributed by atoms with Crippen molar-refractivity contribution in [2.45, 2.75) is 51.7 Å². The molecule has 0 aliphatic rings. The average molecular weight is 252 g/mol. The Hall–Kier alpha value is -0.130. The van der Waals surface area contributed by atoms with E-state index in [0.29, 0.717) is 12.8 Å². The summed E-state index contributed by atoms with van der Waals surface area (Å²) in [7, 11) is -1.34. The molecule has 0 aromatic rings. The van der Waals surface area contributed by atoms with E-state index in [0.717, 1.165) is 12.8 Å². The molecule has 0 rings (SSSR count). The van der Waals surface area contributed by atoms with Gasteiger partial charge in [-0.2, -0.15) is 0 Å². The lowest BCUT2D eigenvalue weighted by Crippen LogP contribution is -2.28. The Morgan fingerprint density at radius 3 is 2.31 bits per heavy atom. The third-order valence-electron chi connectivity index (χ3n) is 2.70. The summed E-state index contributed by atoms with van der Waals surface area (Å²) in [6, 6.07) is 0. The van der Waals surface area contributed by atoms with Gasteiger partial charge in [-0.3, -0.25) is 0 Å². The summed E-state index contributed by atoms with van der Waals surface area (Å²) in [5.41, 5.74) is 0. The molecule has 16 heavy (non-hydrogen) atoms. The molecular formula is C11H24O4S. The minimum absolute atomic E-state index is 0.156. The Kier molecular flexibility index (Phi) is 7.97. The Balaban J connectivity index is 3.92. The molecule has 0 amide bonds. The van der Waals surface area contributed by atoms with Crippen LogP contribution in [0.1, 0.15) is 39.5 Å². The fraction of sp³-hybridized carbons (Fsp3) is 1.00. The summed E-state index contributed by atoms with van der Waals surface area (Å²) < 4.78 is 27.6. The van der Waals surface area contributed by atoms with Crippen LogP contribution in [0.2, 0.25) is 0 Å². The molecule has 5 heteroatoms. The lowest BCUT2D eigenvalue weighted by Gasteiger charge is -2.20. The number of aliphatic hydroxyl groups excluding tert-OH is 1. The van der Waals surface area contributed by atoms with E-state index in [9.17, 15) is 13.5 Å². The van der Waals surface area contributed by atoms with Crippen molar-refractivity contribution in [2.24, 2.45) is 0 Å². The van der Waals surface area contributed by atoms with Crippen LogP contribution in [-0.2, 0) is 14.6 Å². The summed E-state index contributed by atoms with van der Waals surface area (Å²) in [6.45, 7) is 3.67. The Morgan fingerprint density at radius 2 is 1.88 bits per heavy atom. The molecule has 0 bridgehead atoms. The van der Waals surface area contributed by atoms with E-state index in [2.05, 4.69) is 0 Å². The largest absolute Gasteiger partial charge is 0.390 e. The second kappa shape index (κ2) is 8.03. The molecule has 0 spiro atoms. The van der Waals surface area contributed by atoms with Crippen LogP contribution in [-0.4, -0.2) is 44.3 Å². The summed E-state index contributed by atoms with van der Waals surface area (Å²) >= 11 is 0. The van der Waals surface area contributed by atoms with Gasteiger partial charge < -0.3 is 9.84 Å². The number of rotatable bonds is 9. The third kappa shape index (κ3) is 6.45. The van der Waals surface area contributed by atoms with Crippen LogP contribution >= 0.6 is 0 Å². The van der Waals surface area contributed by atoms with Crippen molar-refractivity contribution in [3.8, 4) is 0 Å². The average Bonchev–Trinajstić information content (AvgIpc) is 2.25. The second-order valence-electron chi connectivity index (χ2n) is 4.01. The van der Waals surface area contributed by atoms with E-state index < -0.39 is 15.9 Å². The maximum atomic E-state index is 11.2. The number of hydrogen-bond donors (Lipinski definition) is 1. The summed E-state index contributed by atoms with van der Waals surface area (Å²) in [6.07, 6.45) is 2.01. The molecule has 0 saturated carbocycles. The molecule has 0 aromatic carbocycles. The van der Waals surface area contributed by atoms with Gasteiger partial charge in [-0.1, -0.05) is 20.3 Å². The highest BCUT2D eigenvalue weighted by Crippen LogP contribution is 2.12. The van der Waals surface area contributed by atoms with Gasteiger partial charge in [0.25, 0.3) is 0 Å². The van der Waals surface area contributed by atoms with Crippen LogP contribution in [0, 0.1) is 0 Å². The predicted octanol–water partition coefficient (Wildman–Crippen LogP) is 1.38. The Labute approximate surface area is 98.9 Å². The van der Waals surface area contributed by atoms with Gasteiger partial charge in [0.05, 0.1) is 18.0 Å². The van der Waals surface area contributed by atoms with Gasteiger partial charge in [0, 0.05) is 12.9 Å². The zero-order chi connectivity index (χ0) is 12.6. The molecule has 0 aliphatic heterocycles. The molecule has 0 aromatic heterocycles. The van der Waals surface area contributed by atoms with Crippen LogP contribution in [0.4, 0.5) is 0 Å². The maximum absolute atomic E-state index is 11.2. The van der Waals surface area contributed by atoms with Gasteiger partial charge in [0.15, 0.2) is 0 Å². The monoisotopic (exact) mass is 252 g/mol. The SMILES string of the molecule is CCCC(OC)C(O)CCCS(=O)(=O)CC. The molecule has 2 atom stereocenters. The van der Waals surface area contributed by atoms with Crippen molar-refractivity contribution in [1.29, 1.82) is 0 Å². The molecule has 2 unspecified atom stereocenters. The van der Waals surface area contributed by atoms with Gasteiger partial charge in [0.2, 0.25) is 0 Å². The standard InChI is InChI=1S/C11H24O4S/c1-4-7-11(15-3)10(12)8-6-9-16(13,14)5-2/h10-12H,4-9H2,1-3H3. The number of sulfone groups is 1. The van der Waals surface area contributed by atoms with Crippen LogP contribution in [0.15, 0.2) is 0 Å². The van der Waals surface area contributed by atoms with Gasteiger partial charge in [-0.15, -0.1) is 0 Å². The Bertz CT molecular complexity index is 261. The lowest BCUT2D eigenvalue weighted by atomic mass is 10.0. The second-order valence-corrected chi connectivity index (χ2v) is 6.48. The van der Waals surface area contributed by atoms with Crippen LogP contribution in [0.5, 0.6) is 0 Å². The van der Waals surface area contributed by atoms with Gasteiger partial charge >= 0.3 is 0 Å². The molecule has 0 aliphatic carbocycles. The molecule has 98 valence electrons. The molecule has 0 fully saturated rings. The highest BCUT2D eigenvalue weighted by Gasteiger charge is 2.18. The predicted molar refractivity (Wildman–Crippen MR) is 65.3 cm³/mol. The van der Waals surface area contributed by atoms with Gasteiger partial charge in [0.1, 0.15) is 9.84 Å². The van der Waals surface area contributed by atoms with Crippen molar-refractivity contribution >= 4 is 9.84 Å². The Morgan fingerprint density at radius 1 is 1.25 bits per heavy atom. The number of methoxy groups -OCH3 is 1. The molecular weight excluding hydrogens is 228 g/mol. The van der Waals surface area contributed by atoms with E-state index in [1.54, 1.807) is 14.0 Å². The smallest absolute Gasteiger partial charge is 0.150 e. The summed E-state index contributed by atoms with van der Waals surface area (Å²) in [4.78, 5) is 0. The molecule has 0 saturated heterocycles. The van der Waals surface area contributed by atoms with E-state index >= 15 is 0 Å². The van der Waals surface area contributed by atoms with Crippen LogP contribution < -0.4 is 0 Å². The highest BCUT2D eigenvalue weighted by molar-refractivity contribution is 7.91. The van der Waals surface area contributed by atoms with Crippen molar-refractivity contribution in [3.05, 3.63) is 0 Å². The number of hydrogen-bond acceptors (Lipinski definition) is 4.